The Morgan fingerprint density at radius 3 is 2.12 bits per heavy atom. The van der Waals surface area contributed by atoms with E-state index in [1.165, 1.54) is 33.4 Å². The van der Waals surface area contributed by atoms with E-state index in [-0.39, 0.29) is 0 Å². The molecular weight excluding hydrogens is 312 g/mol. The summed E-state index contributed by atoms with van der Waals surface area (Å²) in [6, 6.07) is 0. The Morgan fingerprint density at radius 1 is 0.960 bits per heavy atom. The summed E-state index contributed by atoms with van der Waals surface area (Å²) < 4.78 is 14.4. The standard InChI is InChI=1S/C21H30N2O2/c1-15-16(2)18(4)20(19(5)17(15)3)7-8-21(24-11-6-12-25-21)13-23-10-9-22-14-23/h9-10,14H,6-8,11-13H2,1-5H3. The van der Waals surface area contributed by atoms with E-state index in [9.17, 15) is 0 Å². The number of aromatic nitrogens is 2. The number of imidazole rings is 1. The minimum absolute atomic E-state index is 0.551. The van der Waals surface area contributed by atoms with Gasteiger partial charge in [-0.3, -0.25) is 0 Å². The smallest absolute Gasteiger partial charge is 0.186 e. The number of nitrogens with zero attached hydrogens (tertiary/aromatic N) is 2. The molecule has 1 saturated heterocycles. The average Bonchev–Trinajstić information content (AvgIpc) is 3.12. The van der Waals surface area contributed by atoms with Crippen LogP contribution in [0.5, 0.6) is 0 Å². The summed E-state index contributed by atoms with van der Waals surface area (Å²) in [4.78, 5) is 4.15. The molecule has 0 amide bonds. The summed E-state index contributed by atoms with van der Waals surface area (Å²) in [6.07, 6.45) is 8.40. The quantitative estimate of drug-likeness (QED) is 0.817. The summed E-state index contributed by atoms with van der Waals surface area (Å²) in [5, 5.41) is 0. The second kappa shape index (κ2) is 7.30. The van der Waals surface area contributed by atoms with Crippen molar-refractivity contribution in [1.82, 2.24) is 9.55 Å². The highest BCUT2D eigenvalue weighted by Crippen LogP contribution is 2.31. The number of hydrogen-bond acceptors (Lipinski definition) is 3. The molecular formula is C21H30N2O2. The van der Waals surface area contributed by atoms with Crippen LogP contribution in [-0.4, -0.2) is 28.6 Å². The molecule has 0 saturated carbocycles. The lowest BCUT2D eigenvalue weighted by molar-refractivity contribution is -0.276. The Balaban J connectivity index is 1.84. The molecule has 2 heterocycles. The molecule has 1 aliphatic heterocycles. The van der Waals surface area contributed by atoms with Crippen LogP contribution >= 0.6 is 0 Å². The van der Waals surface area contributed by atoms with Gasteiger partial charge in [0.2, 0.25) is 0 Å². The Labute approximate surface area is 151 Å². The van der Waals surface area contributed by atoms with Crippen LogP contribution in [0.2, 0.25) is 0 Å². The van der Waals surface area contributed by atoms with Crippen molar-refractivity contribution in [3.63, 3.8) is 0 Å². The Kier molecular flexibility index (Phi) is 5.30. The third-order valence-electron chi connectivity index (χ3n) is 5.91. The van der Waals surface area contributed by atoms with Gasteiger partial charge < -0.3 is 14.0 Å². The zero-order valence-electron chi connectivity index (χ0n) is 16.2. The van der Waals surface area contributed by atoms with Crippen molar-refractivity contribution in [2.45, 2.75) is 66.2 Å². The zero-order valence-corrected chi connectivity index (χ0v) is 16.2. The van der Waals surface area contributed by atoms with Crippen molar-refractivity contribution in [2.24, 2.45) is 0 Å². The monoisotopic (exact) mass is 342 g/mol. The van der Waals surface area contributed by atoms with Gasteiger partial charge in [0, 0.05) is 18.8 Å². The van der Waals surface area contributed by atoms with Crippen molar-refractivity contribution in [3.05, 3.63) is 52.1 Å². The molecule has 0 unspecified atom stereocenters. The molecule has 0 spiro atoms. The first-order chi connectivity index (χ1) is 11.9. The lowest BCUT2D eigenvalue weighted by Gasteiger charge is -2.38. The van der Waals surface area contributed by atoms with Crippen LogP contribution in [-0.2, 0) is 22.4 Å². The van der Waals surface area contributed by atoms with Gasteiger partial charge in [-0.25, -0.2) is 4.98 Å². The highest BCUT2D eigenvalue weighted by Gasteiger charge is 2.35. The van der Waals surface area contributed by atoms with Crippen LogP contribution < -0.4 is 0 Å². The number of benzene rings is 1. The largest absolute Gasteiger partial charge is 0.348 e. The topological polar surface area (TPSA) is 36.3 Å². The second-order valence-corrected chi connectivity index (χ2v) is 7.30. The van der Waals surface area contributed by atoms with Crippen LogP contribution in [0, 0.1) is 34.6 Å². The normalized spacial score (nSPS) is 17.0. The number of rotatable bonds is 5. The zero-order chi connectivity index (χ0) is 18.0. The van der Waals surface area contributed by atoms with E-state index < -0.39 is 5.79 Å². The Morgan fingerprint density at radius 2 is 1.56 bits per heavy atom. The van der Waals surface area contributed by atoms with E-state index in [1.807, 2.05) is 12.5 Å². The van der Waals surface area contributed by atoms with Crippen LogP contribution in [0.4, 0.5) is 0 Å². The predicted octanol–water partition coefficient (Wildman–Crippen LogP) is 4.19. The van der Waals surface area contributed by atoms with Crippen molar-refractivity contribution >= 4 is 0 Å². The summed E-state index contributed by atoms with van der Waals surface area (Å²) >= 11 is 0. The molecule has 1 fully saturated rings. The highest BCUT2D eigenvalue weighted by atomic mass is 16.7. The van der Waals surface area contributed by atoms with Gasteiger partial charge in [0.05, 0.1) is 26.1 Å². The molecule has 2 aromatic rings. The maximum Gasteiger partial charge on any atom is 0.186 e. The van der Waals surface area contributed by atoms with E-state index in [2.05, 4.69) is 44.2 Å². The van der Waals surface area contributed by atoms with E-state index in [0.717, 1.165) is 32.5 Å². The minimum Gasteiger partial charge on any atom is -0.348 e. The molecule has 3 rings (SSSR count). The predicted molar refractivity (Wildman–Crippen MR) is 99.9 cm³/mol. The lowest BCUT2D eigenvalue weighted by Crippen LogP contribution is -2.44. The molecule has 0 radical (unpaired) electrons. The Bertz CT molecular complexity index is 700. The molecule has 4 nitrogen and oxygen atoms in total. The van der Waals surface area contributed by atoms with Crippen molar-refractivity contribution in [1.29, 1.82) is 0 Å². The molecule has 1 aliphatic rings. The van der Waals surface area contributed by atoms with Crippen LogP contribution in [0.15, 0.2) is 18.7 Å². The van der Waals surface area contributed by atoms with Gasteiger partial charge in [-0.2, -0.15) is 0 Å². The van der Waals surface area contributed by atoms with Gasteiger partial charge in [0.1, 0.15) is 0 Å². The van der Waals surface area contributed by atoms with Crippen LogP contribution in [0.3, 0.4) is 0 Å². The fraction of sp³-hybridized carbons (Fsp3) is 0.571. The summed E-state index contributed by atoms with van der Waals surface area (Å²) in [7, 11) is 0. The molecule has 0 atom stereocenters. The van der Waals surface area contributed by atoms with Crippen LogP contribution in [0.25, 0.3) is 0 Å². The fourth-order valence-corrected chi connectivity index (χ4v) is 3.86. The second-order valence-electron chi connectivity index (χ2n) is 7.30. The molecule has 1 aromatic carbocycles. The Hall–Kier alpha value is -1.65. The average molecular weight is 342 g/mol. The summed E-state index contributed by atoms with van der Waals surface area (Å²) in [6.45, 7) is 13.4. The molecule has 1 aromatic heterocycles. The van der Waals surface area contributed by atoms with E-state index >= 15 is 0 Å². The van der Waals surface area contributed by atoms with Gasteiger partial charge in [-0.15, -0.1) is 0 Å². The maximum absolute atomic E-state index is 6.15. The van der Waals surface area contributed by atoms with Gasteiger partial charge in [-0.05, 0) is 80.8 Å². The van der Waals surface area contributed by atoms with Gasteiger partial charge in [0.25, 0.3) is 0 Å². The SMILES string of the molecule is Cc1c(C)c(C)c(CCC2(Cn3ccnc3)OCCCO2)c(C)c1C. The first kappa shape index (κ1) is 18.2. The summed E-state index contributed by atoms with van der Waals surface area (Å²) in [5.74, 6) is -0.551. The maximum atomic E-state index is 6.15. The van der Waals surface area contributed by atoms with Crippen molar-refractivity contribution in [3.8, 4) is 0 Å². The molecule has 25 heavy (non-hydrogen) atoms. The lowest BCUT2D eigenvalue weighted by atomic mass is 9.87. The first-order valence-corrected chi connectivity index (χ1v) is 9.23. The van der Waals surface area contributed by atoms with Crippen molar-refractivity contribution < 1.29 is 9.47 Å². The van der Waals surface area contributed by atoms with E-state index in [1.54, 1.807) is 6.20 Å². The molecule has 0 N–H and O–H groups in total. The third kappa shape index (κ3) is 3.65. The van der Waals surface area contributed by atoms with E-state index in [4.69, 9.17) is 9.47 Å². The van der Waals surface area contributed by atoms with Crippen LogP contribution in [0.1, 0.15) is 46.2 Å². The van der Waals surface area contributed by atoms with E-state index in [0.29, 0.717) is 6.54 Å². The third-order valence-corrected chi connectivity index (χ3v) is 5.91. The van der Waals surface area contributed by atoms with Gasteiger partial charge in [-0.1, -0.05) is 0 Å². The summed E-state index contributed by atoms with van der Waals surface area (Å²) in [5.41, 5.74) is 8.50. The molecule has 0 bridgehead atoms. The fourth-order valence-electron chi connectivity index (χ4n) is 3.86. The minimum atomic E-state index is -0.551. The highest BCUT2D eigenvalue weighted by molar-refractivity contribution is 5.49. The molecule has 4 heteroatoms. The number of ether oxygens (including phenoxy) is 2. The van der Waals surface area contributed by atoms with Gasteiger partial charge in [0.15, 0.2) is 5.79 Å². The van der Waals surface area contributed by atoms with Crippen molar-refractivity contribution in [2.75, 3.05) is 13.2 Å². The molecule has 0 aliphatic carbocycles. The number of hydrogen-bond donors (Lipinski definition) is 0. The molecule has 136 valence electrons. The first-order valence-electron chi connectivity index (χ1n) is 9.23. The van der Waals surface area contributed by atoms with Gasteiger partial charge >= 0.3 is 0 Å².